The van der Waals surface area contributed by atoms with Crippen molar-refractivity contribution in [3.63, 3.8) is 0 Å². The van der Waals surface area contributed by atoms with Gasteiger partial charge < -0.3 is 19.5 Å². The molecule has 1 aliphatic rings. The molecule has 0 fully saturated rings. The first-order valence-corrected chi connectivity index (χ1v) is 4.96. The van der Waals surface area contributed by atoms with Crippen molar-refractivity contribution in [1.29, 1.82) is 0 Å². The van der Waals surface area contributed by atoms with Gasteiger partial charge in [-0.2, -0.15) is 0 Å². The second-order valence-electron chi connectivity index (χ2n) is 3.61. The van der Waals surface area contributed by atoms with Crippen LogP contribution in [-0.2, 0) is 6.42 Å². The van der Waals surface area contributed by atoms with Gasteiger partial charge in [-0.1, -0.05) is 0 Å². The van der Waals surface area contributed by atoms with Crippen molar-refractivity contribution in [2.75, 3.05) is 20.9 Å². The predicted molar refractivity (Wildman–Crippen MR) is 61.3 cm³/mol. The Kier molecular flexibility index (Phi) is 2.02. The lowest BCUT2D eigenvalue weighted by Crippen LogP contribution is -2.23. The van der Waals surface area contributed by atoms with Gasteiger partial charge in [0.25, 0.3) is 0 Å². The zero-order valence-corrected chi connectivity index (χ0v) is 9.29. The van der Waals surface area contributed by atoms with Gasteiger partial charge in [0, 0.05) is 11.5 Å². The summed E-state index contributed by atoms with van der Waals surface area (Å²) in [4.78, 5) is 0. The summed E-state index contributed by atoms with van der Waals surface area (Å²) in [7, 11) is 1.52. The van der Waals surface area contributed by atoms with Crippen LogP contribution in [0.25, 0.3) is 0 Å². The summed E-state index contributed by atoms with van der Waals surface area (Å²) in [5, 5.41) is 2.30. The van der Waals surface area contributed by atoms with Crippen molar-refractivity contribution in [3.05, 3.63) is 17.7 Å². The van der Waals surface area contributed by atoms with Crippen LogP contribution in [0, 0.1) is 0 Å². The molecular weight excluding hydrogens is 206 g/mol. The fourth-order valence-corrected chi connectivity index (χ4v) is 1.64. The van der Waals surface area contributed by atoms with E-state index in [-0.39, 0.29) is 13.2 Å². The molecule has 1 aliphatic heterocycles. The third-order valence-corrected chi connectivity index (χ3v) is 2.40. The van der Waals surface area contributed by atoms with Crippen LogP contribution in [-0.4, -0.2) is 26.9 Å². The Morgan fingerprint density at radius 3 is 3.25 bits per heavy atom. The van der Waals surface area contributed by atoms with E-state index in [1.807, 2.05) is 0 Å². The fraction of sp³-hybridized carbons (Fsp3) is 0.500. The number of rotatable bonds is 4. The molecule has 0 saturated heterocycles. The van der Waals surface area contributed by atoms with Crippen molar-refractivity contribution < 1.29 is 19.7 Å². The highest BCUT2D eigenvalue weighted by Gasteiger charge is 2.20. The lowest BCUT2D eigenvalue weighted by Gasteiger charge is -2.12. The summed E-state index contributed by atoms with van der Waals surface area (Å²) >= 11 is 0. The van der Waals surface area contributed by atoms with Crippen LogP contribution >= 0.6 is 0 Å². The van der Waals surface area contributed by atoms with Gasteiger partial charge in [0.05, 0.1) is 7.11 Å². The molecular formula is C12H17NO3. The molecule has 1 aromatic rings. The van der Waals surface area contributed by atoms with E-state index in [9.17, 15) is 0 Å². The molecule has 0 amide bonds. The first-order valence-electron chi connectivity index (χ1n) is 6.96. The Labute approximate surface area is 101 Å². The first-order chi connectivity index (χ1) is 9.20. The Bertz CT molecular complexity index is 502. The molecule has 0 bridgehead atoms. The minimum Gasteiger partial charge on any atom is -0.493 e. The highest BCUT2D eigenvalue weighted by Crippen LogP contribution is 2.41. The number of fused-ring (bicyclic) bond motifs is 1. The number of methoxy groups -OCH3 is 1. The highest BCUT2D eigenvalue weighted by molar-refractivity contribution is 5.55. The third-order valence-electron chi connectivity index (χ3n) is 2.40. The van der Waals surface area contributed by atoms with Gasteiger partial charge in [0.15, 0.2) is 11.5 Å². The van der Waals surface area contributed by atoms with E-state index in [0.717, 1.165) is 5.56 Å². The number of hydrogen-bond donors (Lipinski definition) is 1. The van der Waals surface area contributed by atoms with Crippen molar-refractivity contribution >= 4 is 0 Å². The van der Waals surface area contributed by atoms with E-state index in [1.54, 1.807) is 12.1 Å². The van der Waals surface area contributed by atoms with Gasteiger partial charge in [0.1, 0.15) is 0 Å². The molecule has 4 heteroatoms. The Morgan fingerprint density at radius 1 is 1.62 bits per heavy atom. The molecule has 1 N–H and O–H groups in total. The van der Waals surface area contributed by atoms with Crippen molar-refractivity contribution in [2.45, 2.75) is 19.4 Å². The normalized spacial score (nSPS) is 21.4. The molecule has 1 heterocycles. The van der Waals surface area contributed by atoms with Crippen LogP contribution in [0.5, 0.6) is 17.2 Å². The fourth-order valence-electron chi connectivity index (χ4n) is 1.64. The molecule has 0 aliphatic carbocycles. The summed E-state index contributed by atoms with van der Waals surface area (Å²) in [5.74, 6) is 1.59. The van der Waals surface area contributed by atoms with E-state index < -0.39 is 13.0 Å². The van der Waals surface area contributed by atoms with Crippen LogP contribution in [0.15, 0.2) is 12.1 Å². The largest absolute Gasteiger partial charge is 0.493 e. The van der Waals surface area contributed by atoms with Crippen LogP contribution < -0.4 is 19.5 Å². The van der Waals surface area contributed by atoms with E-state index >= 15 is 0 Å². The smallest absolute Gasteiger partial charge is 0.231 e. The first kappa shape index (κ1) is 7.01. The maximum absolute atomic E-state index is 8.06. The molecule has 2 rings (SSSR count). The highest BCUT2D eigenvalue weighted by atomic mass is 16.7. The van der Waals surface area contributed by atoms with Crippen molar-refractivity contribution in [2.24, 2.45) is 0 Å². The average molecular weight is 227 g/mol. The van der Waals surface area contributed by atoms with Gasteiger partial charge in [-0.05, 0) is 38.0 Å². The van der Waals surface area contributed by atoms with E-state index in [0.29, 0.717) is 17.2 Å². The van der Waals surface area contributed by atoms with Crippen molar-refractivity contribution in [3.8, 4) is 17.2 Å². The molecule has 16 heavy (non-hydrogen) atoms. The SMILES string of the molecule is [2H]C([2H])([2H])NC([2H])(C)Cc1cc(OC)c2c(c1)OCO2. The molecule has 1 atom stereocenters. The van der Waals surface area contributed by atoms with Crippen molar-refractivity contribution in [1.82, 2.24) is 5.32 Å². The number of ether oxygens (including phenoxy) is 3. The summed E-state index contributed by atoms with van der Waals surface area (Å²) in [6, 6.07) is 2.13. The van der Waals surface area contributed by atoms with Crippen LogP contribution in [0.4, 0.5) is 0 Å². The van der Waals surface area contributed by atoms with E-state index in [1.165, 1.54) is 14.0 Å². The second kappa shape index (κ2) is 4.61. The molecule has 88 valence electrons. The zero-order valence-electron chi connectivity index (χ0n) is 13.3. The minimum atomic E-state index is -2.36. The topological polar surface area (TPSA) is 39.7 Å². The molecule has 0 spiro atoms. The quantitative estimate of drug-likeness (QED) is 0.847. The summed E-state index contributed by atoms with van der Waals surface area (Å²) in [6.45, 7) is -0.728. The summed E-state index contributed by atoms with van der Waals surface area (Å²) in [6.07, 6.45) is 0.193. The van der Waals surface area contributed by atoms with E-state index in [2.05, 4.69) is 5.32 Å². The summed E-state index contributed by atoms with van der Waals surface area (Å²) < 4.78 is 45.4. The molecule has 0 radical (unpaired) electrons. The molecule has 1 unspecified atom stereocenters. The maximum Gasteiger partial charge on any atom is 0.231 e. The Balaban J connectivity index is 2.22. The maximum atomic E-state index is 8.06. The van der Waals surface area contributed by atoms with Gasteiger partial charge in [0.2, 0.25) is 12.5 Å². The number of likely N-dealkylation sites (N-methyl/N-ethyl adjacent to an activating group) is 1. The van der Waals surface area contributed by atoms with Gasteiger partial charge in [-0.15, -0.1) is 0 Å². The molecule has 0 aromatic heterocycles. The number of nitrogens with one attached hydrogen (secondary N) is 1. The third kappa shape index (κ3) is 2.07. The van der Waals surface area contributed by atoms with Gasteiger partial charge in [-0.3, -0.25) is 0 Å². The number of benzene rings is 1. The Hall–Kier alpha value is -1.42. The lowest BCUT2D eigenvalue weighted by molar-refractivity contribution is 0.171. The predicted octanol–water partition coefficient (Wildman–Crippen LogP) is 1.57. The Morgan fingerprint density at radius 2 is 2.50 bits per heavy atom. The lowest BCUT2D eigenvalue weighted by atomic mass is 10.1. The molecule has 4 nitrogen and oxygen atoms in total. The minimum absolute atomic E-state index is 0.126. The number of hydrogen-bond acceptors (Lipinski definition) is 4. The standard InChI is InChI=1S/C12H17NO3/c1-8(13-2)4-9-5-10(14-3)12-11(6-9)15-7-16-12/h5-6,8,13H,4,7H2,1-3H3/i2D3,8D. The molecule has 0 saturated carbocycles. The van der Waals surface area contributed by atoms with Crippen LogP contribution in [0.3, 0.4) is 0 Å². The second-order valence-corrected chi connectivity index (χ2v) is 3.61. The van der Waals surface area contributed by atoms with Gasteiger partial charge >= 0.3 is 0 Å². The molecule has 1 aromatic carbocycles. The van der Waals surface area contributed by atoms with E-state index in [4.69, 9.17) is 19.7 Å². The monoisotopic (exact) mass is 227 g/mol. The van der Waals surface area contributed by atoms with Crippen LogP contribution in [0.2, 0.25) is 0 Å². The zero-order chi connectivity index (χ0) is 15.0. The van der Waals surface area contributed by atoms with Crippen LogP contribution in [0.1, 0.15) is 18.0 Å². The average Bonchev–Trinajstić information content (AvgIpc) is 2.71. The summed E-state index contributed by atoms with van der Waals surface area (Å²) in [5.41, 5.74) is 0.736. The van der Waals surface area contributed by atoms with Gasteiger partial charge in [-0.25, -0.2) is 0 Å².